The third-order valence-corrected chi connectivity index (χ3v) is 7.06. The van der Waals surface area contributed by atoms with Crippen molar-refractivity contribution in [1.82, 2.24) is 34.2 Å². The summed E-state index contributed by atoms with van der Waals surface area (Å²) in [5, 5.41) is 8.42. The van der Waals surface area contributed by atoms with Gasteiger partial charge in [0.2, 0.25) is 0 Å². The number of fused-ring (bicyclic) bond motifs is 1. The first kappa shape index (κ1) is 25.7. The van der Waals surface area contributed by atoms with Crippen LogP contribution in [0, 0.1) is 6.92 Å². The van der Waals surface area contributed by atoms with Gasteiger partial charge in [-0.15, -0.1) is 0 Å². The topological polar surface area (TPSA) is 80.8 Å². The number of aryl methyl sites for hydroxylation is 1. The lowest BCUT2D eigenvalue weighted by molar-refractivity contribution is -0.143. The number of piperazine rings is 1. The van der Waals surface area contributed by atoms with E-state index >= 15 is 0 Å². The standard InChI is InChI=1S/C26H28F3N7O2/c1-16-22(18-5-7-19(38-4)8-6-18)31-24-20(15-30-36(24)23(16)26(27,28)29)25(37)35-13-11-34(12-14-35)17(2)21-9-10-33(3)32-21/h5-10,15,17H,11-14H2,1-4H3/t17-/m0/s1. The molecule has 1 aliphatic rings. The molecular weight excluding hydrogens is 499 g/mol. The highest BCUT2D eigenvalue weighted by atomic mass is 19.4. The van der Waals surface area contributed by atoms with Crippen LogP contribution in [0.25, 0.3) is 16.9 Å². The van der Waals surface area contributed by atoms with Crippen molar-refractivity contribution in [3.05, 3.63) is 65.2 Å². The fourth-order valence-electron chi connectivity index (χ4n) is 4.91. The number of alkyl halides is 3. The van der Waals surface area contributed by atoms with Crippen molar-refractivity contribution in [3.8, 4) is 17.0 Å². The number of hydrogen-bond donors (Lipinski definition) is 0. The number of benzene rings is 1. The maximum atomic E-state index is 14.2. The quantitative estimate of drug-likeness (QED) is 0.391. The normalized spacial score (nSPS) is 15.7. The Morgan fingerprint density at radius 2 is 1.76 bits per heavy atom. The SMILES string of the molecule is COc1ccc(-c2nc3c(C(=O)N4CCN([C@@H](C)c5ccn(C)n5)CC4)cnn3c(C(F)(F)F)c2C)cc1. The fourth-order valence-corrected chi connectivity index (χ4v) is 4.91. The monoisotopic (exact) mass is 527 g/mol. The first-order chi connectivity index (χ1) is 18.1. The molecule has 1 fully saturated rings. The molecule has 0 spiro atoms. The minimum absolute atomic E-state index is 0.0384. The van der Waals surface area contributed by atoms with E-state index in [-0.39, 0.29) is 28.5 Å². The van der Waals surface area contributed by atoms with Crippen molar-refractivity contribution in [3.63, 3.8) is 0 Å². The number of methoxy groups -OCH3 is 1. The van der Waals surface area contributed by atoms with E-state index < -0.39 is 17.8 Å². The van der Waals surface area contributed by atoms with Gasteiger partial charge in [0.05, 0.1) is 30.7 Å². The average molecular weight is 528 g/mol. The molecule has 9 nitrogen and oxygen atoms in total. The lowest BCUT2D eigenvalue weighted by Crippen LogP contribution is -2.49. The maximum Gasteiger partial charge on any atom is 0.433 e. The summed E-state index contributed by atoms with van der Waals surface area (Å²) in [7, 11) is 3.37. The second-order valence-electron chi connectivity index (χ2n) is 9.37. The van der Waals surface area contributed by atoms with E-state index in [1.807, 2.05) is 19.3 Å². The molecule has 4 aromatic rings. The molecule has 12 heteroatoms. The molecule has 0 aliphatic carbocycles. The van der Waals surface area contributed by atoms with Crippen molar-refractivity contribution < 1.29 is 22.7 Å². The Morgan fingerprint density at radius 1 is 1.08 bits per heavy atom. The van der Waals surface area contributed by atoms with Gasteiger partial charge in [0.15, 0.2) is 11.3 Å². The second-order valence-corrected chi connectivity index (χ2v) is 9.37. The average Bonchev–Trinajstić information content (AvgIpc) is 3.53. The summed E-state index contributed by atoms with van der Waals surface area (Å²) in [6.07, 6.45) is -1.63. The summed E-state index contributed by atoms with van der Waals surface area (Å²) >= 11 is 0. The van der Waals surface area contributed by atoms with Crippen LogP contribution in [0.1, 0.15) is 40.3 Å². The predicted octanol–water partition coefficient (Wildman–Crippen LogP) is 3.98. The lowest BCUT2D eigenvalue weighted by atomic mass is 10.0. The van der Waals surface area contributed by atoms with Crippen LogP contribution in [-0.2, 0) is 13.2 Å². The molecule has 200 valence electrons. The van der Waals surface area contributed by atoms with E-state index in [1.165, 1.54) is 20.2 Å². The number of ether oxygens (including phenoxy) is 1. The van der Waals surface area contributed by atoms with Gasteiger partial charge in [-0.2, -0.15) is 23.4 Å². The third kappa shape index (κ3) is 4.60. The highest BCUT2D eigenvalue weighted by molar-refractivity contribution is 6.00. The largest absolute Gasteiger partial charge is 0.497 e. The van der Waals surface area contributed by atoms with Crippen LogP contribution in [0.15, 0.2) is 42.7 Å². The zero-order valence-electron chi connectivity index (χ0n) is 21.5. The van der Waals surface area contributed by atoms with Crippen LogP contribution in [-0.4, -0.2) is 73.4 Å². The first-order valence-electron chi connectivity index (χ1n) is 12.2. The summed E-state index contributed by atoms with van der Waals surface area (Å²) in [5.41, 5.74) is 0.444. The molecule has 1 saturated heterocycles. The number of hydrogen-bond acceptors (Lipinski definition) is 6. The number of carbonyl (C=O) groups excluding carboxylic acids is 1. The van der Waals surface area contributed by atoms with E-state index in [0.717, 1.165) is 10.2 Å². The van der Waals surface area contributed by atoms with E-state index in [9.17, 15) is 18.0 Å². The Balaban J connectivity index is 1.46. The molecule has 3 aromatic heterocycles. The van der Waals surface area contributed by atoms with Gasteiger partial charge in [0.1, 0.15) is 11.3 Å². The summed E-state index contributed by atoms with van der Waals surface area (Å²) < 4.78 is 50.3. The summed E-state index contributed by atoms with van der Waals surface area (Å²) in [4.78, 5) is 21.9. The van der Waals surface area contributed by atoms with Gasteiger partial charge in [0.25, 0.3) is 5.91 Å². The zero-order chi connectivity index (χ0) is 27.2. The van der Waals surface area contributed by atoms with Gasteiger partial charge >= 0.3 is 6.18 Å². The molecule has 1 atom stereocenters. The highest BCUT2D eigenvalue weighted by Crippen LogP contribution is 2.37. The molecular formula is C26H28F3N7O2. The van der Waals surface area contributed by atoms with Gasteiger partial charge in [-0.25, -0.2) is 9.50 Å². The number of aromatic nitrogens is 5. The Labute approximate surface area is 217 Å². The van der Waals surface area contributed by atoms with E-state index in [4.69, 9.17) is 4.74 Å². The van der Waals surface area contributed by atoms with Crippen molar-refractivity contribution in [2.75, 3.05) is 33.3 Å². The van der Waals surface area contributed by atoms with Crippen LogP contribution < -0.4 is 4.74 Å². The summed E-state index contributed by atoms with van der Waals surface area (Å²) in [5.74, 6) is 0.176. The van der Waals surface area contributed by atoms with E-state index in [0.29, 0.717) is 37.5 Å². The highest BCUT2D eigenvalue weighted by Gasteiger charge is 2.39. The molecule has 0 bridgehead atoms. The van der Waals surface area contributed by atoms with Crippen LogP contribution >= 0.6 is 0 Å². The van der Waals surface area contributed by atoms with Crippen molar-refractivity contribution in [2.24, 2.45) is 7.05 Å². The molecule has 0 radical (unpaired) electrons. The number of halogens is 3. The van der Waals surface area contributed by atoms with Crippen molar-refractivity contribution in [1.29, 1.82) is 0 Å². The molecule has 5 rings (SSSR count). The molecule has 0 N–H and O–H groups in total. The molecule has 1 aromatic carbocycles. The Kier molecular flexibility index (Phi) is 6.59. The Bertz CT molecular complexity index is 1470. The van der Waals surface area contributed by atoms with Crippen molar-refractivity contribution >= 4 is 11.6 Å². The summed E-state index contributed by atoms with van der Waals surface area (Å²) in [6.45, 7) is 5.50. The number of amides is 1. The molecule has 4 heterocycles. The fraction of sp³-hybridized carbons (Fsp3) is 0.385. The zero-order valence-corrected chi connectivity index (χ0v) is 21.5. The van der Waals surface area contributed by atoms with Crippen LogP contribution in [0.3, 0.4) is 0 Å². The molecule has 0 unspecified atom stereocenters. The van der Waals surface area contributed by atoms with Crippen LogP contribution in [0.5, 0.6) is 5.75 Å². The van der Waals surface area contributed by atoms with Gasteiger partial charge in [-0.05, 0) is 44.2 Å². The van der Waals surface area contributed by atoms with Gasteiger partial charge < -0.3 is 9.64 Å². The smallest absolute Gasteiger partial charge is 0.433 e. The summed E-state index contributed by atoms with van der Waals surface area (Å²) in [6, 6.07) is 8.64. The molecule has 0 saturated carbocycles. The van der Waals surface area contributed by atoms with E-state index in [1.54, 1.807) is 33.8 Å². The lowest BCUT2D eigenvalue weighted by Gasteiger charge is -2.37. The molecule has 1 amide bonds. The number of nitrogens with zero attached hydrogens (tertiary/aromatic N) is 7. The van der Waals surface area contributed by atoms with Crippen LogP contribution in [0.2, 0.25) is 0 Å². The minimum atomic E-state index is -4.70. The van der Waals surface area contributed by atoms with E-state index in [2.05, 4.69) is 27.0 Å². The molecule has 1 aliphatic heterocycles. The van der Waals surface area contributed by atoms with Crippen molar-refractivity contribution in [2.45, 2.75) is 26.1 Å². The number of carbonyl (C=O) groups is 1. The molecule has 38 heavy (non-hydrogen) atoms. The van der Waals surface area contributed by atoms with Gasteiger partial charge in [-0.1, -0.05) is 0 Å². The van der Waals surface area contributed by atoms with Gasteiger partial charge in [-0.3, -0.25) is 14.4 Å². The number of rotatable bonds is 5. The predicted molar refractivity (Wildman–Crippen MR) is 134 cm³/mol. The third-order valence-electron chi connectivity index (χ3n) is 7.06. The Hall–Kier alpha value is -3.93. The first-order valence-corrected chi connectivity index (χ1v) is 12.2. The van der Waals surface area contributed by atoms with Crippen LogP contribution in [0.4, 0.5) is 13.2 Å². The maximum absolute atomic E-state index is 14.2. The Morgan fingerprint density at radius 3 is 2.34 bits per heavy atom. The van der Waals surface area contributed by atoms with Gasteiger partial charge in [0, 0.05) is 50.6 Å². The second kappa shape index (κ2) is 9.75. The minimum Gasteiger partial charge on any atom is -0.497 e.